The van der Waals surface area contributed by atoms with Gasteiger partial charge in [0.15, 0.2) is 0 Å². The molecule has 2 aromatic heterocycles. The molecule has 5 nitrogen and oxygen atoms in total. The van der Waals surface area contributed by atoms with Crippen LogP contribution in [0, 0.1) is 0 Å². The lowest BCUT2D eigenvalue weighted by molar-refractivity contribution is 0.138. The van der Waals surface area contributed by atoms with Gasteiger partial charge < -0.3 is 5.73 Å². The van der Waals surface area contributed by atoms with Crippen LogP contribution in [0.3, 0.4) is 0 Å². The third-order valence-corrected chi connectivity index (χ3v) is 4.32. The number of pyridine rings is 1. The van der Waals surface area contributed by atoms with Crippen LogP contribution in [0.25, 0.3) is 5.65 Å². The lowest BCUT2D eigenvalue weighted by atomic mass is 9.99. The van der Waals surface area contributed by atoms with E-state index in [2.05, 4.69) is 16.8 Å². The molecule has 2 aromatic rings. The Morgan fingerprint density at radius 1 is 1.48 bits per heavy atom. The summed E-state index contributed by atoms with van der Waals surface area (Å²) in [6.45, 7) is 3.80. The fourth-order valence-corrected chi connectivity index (χ4v) is 3.07. The molecule has 3 rings (SSSR count). The molecule has 112 valence electrons. The van der Waals surface area contributed by atoms with Crippen molar-refractivity contribution in [2.45, 2.75) is 38.4 Å². The van der Waals surface area contributed by atoms with Crippen LogP contribution in [0.5, 0.6) is 0 Å². The molecule has 1 aliphatic rings. The van der Waals surface area contributed by atoms with Crippen molar-refractivity contribution in [3.63, 3.8) is 0 Å². The van der Waals surface area contributed by atoms with E-state index in [0.717, 1.165) is 25.1 Å². The standard InChI is InChI=1S/C15H19ClN4O/c1-10-6-12(17)4-5-19(10)9-13-7-15(21)20-8-11(16)2-3-14(20)18-13/h2-3,7-8,10,12H,4-6,9,17H2,1H3. The van der Waals surface area contributed by atoms with Crippen molar-refractivity contribution < 1.29 is 0 Å². The van der Waals surface area contributed by atoms with E-state index < -0.39 is 0 Å². The Bertz CT molecular complexity index is 714. The minimum absolute atomic E-state index is 0.0983. The van der Waals surface area contributed by atoms with E-state index >= 15 is 0 Å². The predicted octanol–water partition coefficient (Wildman–Crippen LogP) is 1.66. The Balaban J connectivity index is 1.88. The zero-order chi connectivity index (χ0) is 15.0. The summed E-state index contributed by atoms with van der Waals surface area (Å²) in [4.78, 5) is 19.0. The molecule has 0 aromatic carbocycles. The van der Waals surface area contributed by atoms with Gasteiger partial charge in [-0.2, -0.15) is 0 Å². The van der Waals surface area contributed by atoms with Crippen molar-refractivity contribution in [2.75, 3.05) is 6.54 Å². The van der Waals surface area contributed by atoms with Crippen molar-refractivity contribution in [3.05, 3.63) is 45.5 Å². The van der Waals surface area contributed by atoms with Gasteiger partial charge in [0.2, 0.25) is 0 Å². The highest BCUT2D eigenvalue weighted by Crippen LogP contribution is 2.18. The molecule has 0 saturated carbocycles. The van der Waals surface area contributed by atoms with Gasteiger partial charge in [-0.3, -0.25) is 14.1 Å². The zero-order valence-corrected chi connectivity index (χ0v) is 12.8. The number of hydrogen-bond donors (Lipinski definition) is 1. The Morgan fingerprint density at radius 3 is 3.05 bits per heavy atom. The number of rotatable bonds is 2. The largest absolute Gasteiger partial charge is 0.328 e. The van der Waals surface area contributed by atoms with Gasteiger partial charge in [0.05, 0.1) is 10.7 Å². The van der Waals surface area contributed by atoms with Crippen LogP contribution in [0.15, 0.2) is 29.2 Å². The predicted molar refractivity (Wildman–Crippen MR) is 83.6 cm³/mol. The fourth-order valence-electron chi connectivity index (χ4n) is 2.91. The monoisotopic (exact) mass is 306 g/mol. The number of aromatic nitrogens is 2. The first kappa shape index (κ1) is 14.5. The summed E-state index contributed by atoms with van der Waals surface area (Å²) >= 11 is 5.91. The molecule has 1 fully saturated rings. The van der Waals surface area contributed by atoms with Gasteiger partial charge in [-0.15, -0.1) is 0 Å². The molecule has 1 aliphatic heterocycles. The van der Waals surface area contributed by atoms with Crippen LogP contribution in [0.4, 0.5) is 0 Å². The van der Waals surface area contributed by atoms with Gasteiger partial charge in [0.1, 0.15) is 5.65 Å². The van der Waals surface area contributed by atoms with Crippen molar-refractivity contribution in [1.82, 2.24) is 14.3 Å². The number of nitrogens with zero attached hydrogens (tertiary/aromatic N) is 3. The van der Waals surface area contributed by atoms with Crippen molar-refractivity contribution in [3.8, 4) is 0 Å². The molecule has 6 heteroatoms. The molecule has 2 N–H and O–H groups in total. The van der Waals surface area contributed by atoms with Crippen molar-refractivity contribution in [2.24, 2.45) is 5.73 Å². The first-order chi connectivity index (χ1) is 10.0. The summed E-state index contributed by atoms with van der Waals surface area (Å²) in [5, 5.41) is 0.526. The Hall–Kier alpha value is -1.43. The maximum atomic E-state index is 12.2. The minimum Gasteiger partial charge on any atom is -0.328 e. The quantitative estimate of drug-likeness (QED) is 0.916. The van der Waals surface area contributed by atoms with E-state index in [1.54, 1.807) is 24.4 Å². The third-order valence-electron chi connectivity index (χ3n) is 4.10. The van der Waals surface area contributed by atoms with Gasteiger partial charge in [0.25, 0.3) is 5.56 Å². The van der Waals surface area contributed by atoms with Crippen LogP contribution in [-0.2, 0) is 6.54 Å². The number of likely N-dealkylation sites (tertiary alicyclic amines) is 1. The lowest BCUT2D eigenvalue weighted by Gasteiger charge is -2.36. The number of piperidine rings is 1. The smallest absolute Gasteiger partial charge is 0.258 e. The van der Waals surface area contributed by atoms with Crippen molar-refractivity contribution >= 4 is 17.2 Å². The molecule has 0 aliphatic carbocycles. The average Bonchev–Trinajstić information content (AvgIpc) is 2.43. The lowest BCUT2D eigenvalue weighted by Crippen LogP contribution is -2.45. The highest BCUT2D eigenvalue weighted by Gasteiger charge is 2.23. The second-order valence-corrected chi connectivity index (χ2v) is 6.20. The Labute approximate surface area is 128 Å². The molecular weight excluding hydrogens is 288 g/mol. The van der Waals surface area contributed by atoms with Gasteiger partial charge in [-0.25, -0.2) is 4.98 Å². The maximum absolute atomic E-state index is 12.2. The molecule has 0 spiro atoms. The first-order valence-corrected chi connectivity index (χ1v) is 7.58. The van der Waals surface area contributed by atoms with Crippen LogP contribution in [0.1, 0.15) is 25.5 Å². The Kier molecular flexibility index (Phi) is 3.97. The van der Waals surface area contributed by atoms with Gasteiger partial charge in [-0.1, -0.05) is 11.6 Å². The summed E-state index contributed by atoms with van der Waals surface area (Å²) in [7, 11) is 0. The van der Waals surface area contributed by atoms with Crippen LogP contribution >= 0.6 is 11.6 Å². The van der Waals surface area contributed by atoms with Crippen LogP contribution < -0.4 is 11.3 Å². The molecule has 1 saturated heterocycles. The SMILES string of the molecule is CC1CC(N)CCN1Cc1cc(=O)n2cc(Cl)ccc2n1. The molecule has 2 unspecified atom stereocenters. The number of fused-ring (bicyclic) bond motifs is 1. The van der Waals surface area contributed by atoms with E-state index in [-0.39, 0.29) is 11.6 Å². The van der Waals surface area contributed by atoms with E-state index in [1.165, 1.54) is 4.40 Å². The molecule has 0 radical (unpaired) electrons. The number of hydrogen-bond acceptors (Lipinski definition) is 4. The van der Waals surface area contributed by atoms with E-state index in [1.807, 2.05) is 0 Å². The Morgan fingerprint density at radius 2 is 2.29 bits per heavy atom. The average molecular weight is 307 g/mol. The summed E-state index contributed by atoms with van der Waals surface area (Å²) in [6, 6.07) is 5.80. The van der Waals surface area contributed by atoms with Gasteiger partial charge >= 0.3 is 0 Å². The summed E-state index contributed by atoms with van der Waals surface area (Å²) in [5.74, 6) is 0. The molecule has 2 atom stereocenters. The fraction of sp³-hybridized carbons (Fsp3) is 0.467. The van der Waals surface area contributed by atoms with Gasteiger partial charge in [-0.05, 0) is 31.9 Å². The molecule has 0 amide bonds. The first-order valence-electron chi connectivity index (χ1n) is 7.20. The second-order valence-electron chi connectivity index (χ2n) is 5.77. The summed E-state index contributed by atoms with van der Waals surface area (Å²) in [5.41, 5.74) is 7.31. The second kappa shape index (κ2) is 5.75. The highest BCUT2D eigenvalue weighted by molar-refractivity contribution is 6.30. The number of halogens is 1. The molecule has 0 bridgehead atoms. The normalized spacial score (nSPS) is 23.6. The minimum atomic E-state index is -0.0983. The molecular formula is C15H19ClN4O. The number of nitrogens with two attached hydrogens (primary N) is 1. The van der Waals surface area contributed by atoms with Crippen molar-refractivity contribution in [1.29, 1.82) is 0 Å². The topological polar surface area (TPSA) is 63.6 Å². The van der Waals surface area contributed by atoms with E-state index in [0.29, 0.717) is 23.3 Å². The molecule has 3 heterocycles. The van der Waals surface area contributed by atoms with Crippen LogP contribution in [0.2, 0.25) is 5.02 Å². The van der Waals surface area contributed by atoms with Crippen LogP contribution in [-0.4, -0.2) is 32.9 Å². The van der Waals surface area contributed by atoms with Gasteiger partial charge in [0, 0.05) is 37.4 Å². The third kappa shape index (κ3) is 3.10. The zero-order valence-electron chi connectivity index (χ0n) is 12.0. The highest BCUT2D eigenvalue weighted by atomic mass is 35.5. The van der Waals surface area contributed by atoms with E-state index in [4.69, 9.17) is 17.3 Å². The van der Waals surface area contributed by atoms with E-state index in [9.17, 15) is 4.79 Å². The summed E-state index contributed by atoms with van der Waals surface area (Å²) < 4.78 is 1.47. The molecule has 21 heavy (non-hydrogen) atoms. The maximum Gasteiger partial charge on any atom is 0.258 e. The summed E-state index contributed by atoms with van der Waals surface area (Å²) in [6.07, 6.45) is 3.58.